The molecule has 1 aromatic carbocycles. The molecule has 0 atom stereocenters. The molecule has 3 N–H and O–H groups in total. The smallest absolute Gasteiger partial charge is 1.00 e. The monoisotopic (exact) mass is 259 g/mol. The second-order valence-electron chi connectivity index (χ2n) is 2.49. The fraction of sp³-hybridized carbons (Fsp3) is 0. The Morgan fingerprint density at radius 1 is 1.47 bits per heavy atom. The average molecular weight is 260 g/mol. The van der Waals surface area contributed by atoms with E-state index in [-0.39, 0.29) is 46.5 Å². The number of primary sulfonamides is 1. The molecule has 0 aliphatic heterocycles. The van der Waals surface area contributed by atoms with Gasteiger partial charge in [0.25, 0.3) is 0 Å². The summed E-state index contributed by atoms with van der Waals surface area (Å²) in [5, 5.41) is 13.4. The van der Waals surface area contributed by atoms with Crippen molar-refractivity contribution in [3.63, 3.8) is 0 Å². The molecule has 0 saturated carbocycles. The van der Waals surface area contributed by atoms with Crippen LogP contribution >= 0.6 is 11.6 Å². The molecule has 0 fully saturated rings. The van der Waals surface area contributed by atoms with Gasteiger partial charge in [0.2, 0.25) is 10.0 Å². The van der Waals surface area contributed by atoms with Gasteiger partial charge in [-0.2, -0.15) is 0 Å². The van der Waals surface area contributed by atoms with Gasteiger partial charge >= 0.3 is 35.5 Å². The Balaban J connectivity index is 0. The van der Waals surface area contributed by atoms with E-state index in [4.69, 9.17) is 21.8 Å². The van der Waals surface area contributed by atoms with Crippen LogP contribution in [0.3, 0.4) is 0 Å². The number of rotatable bonds is 2. The van der Waals surface area contributed by atoms with Crippen molar-refractivity contribution in [3.8, 4) is 0 Å². The molecule has 5 nitrogen and oxygen atoms in total. The first-order chi connectivity index (χ1) is 6.32. The minimum Gasteiger partial charge on any atom is -1.00 e. The molecule has 0 aliphatic rings. The van der Waals surface area contributed by atoms with Crippen LogP contribution in [0.15, 0.2) is 23.1 Å². The summed E-state index contributed by atoms with van der Waals surface area (Å²) in [6.07, 6.45) is 0. The molecule has 0 aliphatic carbocycles. The Kier molecular flexibility index (Phi) is 5.25. The van der Waals surface area contributed by atoms with Crippen LogP contribution in [-0.4, -0.2) is 19.5 Å². The molecular formula is C7H7ClNNaO4S. The quantitative estimate of drug-likeness (QED) is 0.589. The fourth-order valence-corrected chi connectivity index (χ4v) is 1.58. The molecule has 0 amide bonds. The maximum atomic E-state index is 10.9. The van der Waals surface area contributed by atoms with Crippen LogP contribution in [0, 0.1) is 0 Å². The molecule has 0 unspecified atom stereocenters. The Bertz CT molecular complexity index is 493. The number of nitrogens with two attached hydrogens (primary N) is 1. The molecule has 15 heavy (non-hydrogen) atoms. The van der Waals surface area contributed by atoms with Crippen molar-refractivity contribution in [2.24, 2.45) is 5.14 Å². The number of carboxylic acids is 1. The van der Waals surface area contributed by atoms with Crippen LogP contribution in [0.5, 0.6) is 0 Å². The van der Waals surface area contributed by atoms with E-state index in [9.17, 15) is 13.2 Å². The van der Waals surface area contributed by atoms with Crippen LogP contribution in [0.4, 0.5) is 0 Å². The largest absolute Gasteiger partial charge is 1.00 e. The molecule has 78 valence electrons. The van der Waals surface area contributed by atoms with Gasteiger partial charge in [-0.1, -0.05) is 11.6 Å². The van der Waals surface area contributed by atoms with Gasteiger partial charge in [-0.3, -0.25) is 0 Å². The van der Waals surface area contributed by atoms with E-state index in [0.29, 0.717) is 0 Å². The van der Waals surface area contributed by atoms with Gasteiger partial charge in [-0.05, 0) is 18.2 Å². The number of halogens is 1. The summed E-state index contributed by atoms with van der Waals surface area (Å²) < 4.78 is 21.7. The summed E-state index contributed by atoms with van der Waals surface area (Å²) in [4.78, 5) is 10.3. The van der Waals surface area contributed by atoms with Crippen molar-refractivity contribution in [3.05, 3.63) is 28.8 Å². The second kappa shape index (κ2) is 5.29. The number of carbonyl (C=O) groups is 1. The van der Waals surface area contributed by atoms with Gasteiger partial charge in [0.15, 0.2) is 0 Å². The van der Waals surface area contributed by atoms with Crippen molar-refractivity contribution in [1.82, 2.24) is 0 Å². The number of carboxylic acid groups (broad SMARTS) is 1. The Morgan fingerprint density at radius 3 is 2.40 bits per heavy atom. The average Bonchev–Trinajstić information content (AvgIpc) is 2.02. The van der Waals surface area contributed by atoms with Crippen LogP contribution in [-0.2, 0) is 10.0 Å². The topological polar surface area (TPSA) is 97.5 Å². The minimum atomic E-state index is -3.90. The number of benzene rings is 1. The fourth-order valence-electron chi connectivity index (χ4n) is 0.845. The predicted molar refractivity (Wildman–Crippen MR) is 50.9 cm³/mol. The third kappa shape index (κ3) is 3.75. The van der Waals surface area contributed by atoms with E-state index in [0.717, 1.165) is 12.1 Å². The van der Waals surface area contributed by atoms with Gasteiger partial charge in [-0.25, -0.2) is 18.4 Å². The molecular weight excluding hydrogens is 253 g/mol. The van der Waals surface area contributed by atoms with Crippen molar-refractivity contribution >= 4 is 27.6 Å². The van der Waals surface area contributed by atoms with Crippen molar-refractivity contribution in [2.75, 3.05) is 0 Å². The van der Waals surface area contributed by atoms with Crippen LogP contribution in [0.2, 0.25) is 5.02 Å². The van der Waals surface area contributed by atoms with Gasteiger partial charge in [0.1, 0.15) is 0 Å². The standard InChI is InChI=1S/C7H6ClNO4S.Na.H/c8-6-2-1-4(14(9,12)13)3-5(6)7(10)11;;/h1-3H,(H,10,11)(H2,9,12,13);;/q;+1;-1. The number of sulfonamides is 1. The number of aromatic carboxylic acids is 1. The van der Waals surface area contributed by atoms with E-state index in [1.165, 1.54) is 6.07 Å². The molecule has 0 heterocycles. The van der Waals surface area contributed by atoms with Crippen LogP contribution < -0.4 is 34.7 Å². The number of hydrogen-bond donors (Lipinski definition) is 2. The first-order valence-corrected chi connectivity index (χ1v) is 5.30. The number of hydrogen-bond acceptors (Lipinski definition) is 3. The van der Waals surface area contributed by atoms with Crippen LogP contribution in [0.25, 0.3) is 0 Å². The molecule has 8 heteroatoms. The summed E-state index contributed by atoms with van der Waals surface area (Å²) in [6, 6.07) is 3.23. The molecule has 0 spiro atoms. The van der Waals surface area contributed by atoms with Gasteiger partial charge in [0.05, 0.1) is 15.5 Å². The van der Waals surface area contributed by atoms with E-state index in [2.05, 4.69) is 0 Å². The SMILES string of the molecule is NS(=O)(=O)c1ccc(Cl)c(C(=O)O)c1.[H-].[Na+]. The van der Waals surface area contributed by atoms with Crippen molar-refractivity contribution in [1.29, 1.82) is 0 Å². The van der Waals surface area contributed by atoms with E-state index in [1.807, 2.05) is 0 Å². The van der Waals surface area contributed by atoms with Gasteiger partial charge < -0.3 is 6.53 Å². The van der Waals surface area contributed by atoms with E-state index >= 15 is 0 Å². The summed E-state index contributed by atoms with van der Waals surface area (Å²) in [5.41, 5.74) is -0.293. The predicted octanol–water partition coefficient (Wildman–Crippen LogP) is -2.20. The third-order valence-corrected chi connectivity index (χ3v) is 2.74. The molecule has 1 rings (SSSR count). The van der Waals surface area contributed by atoms with E-state index < -0.39 is 16.0 Å². The first kappa shape index (κ1) is 14.9. The Labute approximate surface area is 115 Å². The van der Waals surface area contributed by atoms with Gasteiger partial charge in [-0.15, -0.1) is 0 Å². The maximum Gasteiger partial charge on any atom is 1.00 e. The second-order valence-corrected chi connectivity index (χ2v) is 4.46. The first-order valence-electron chi connectivity index (χ1n) is 3.38. The minimum absolute atomic E-state index is 0. The molecule has 1 aromatic rings. The van der Waals surface area contributed by atoms with E-state index in [1.54, 1.807) is 0 Å². The summed E-state index contributed by atoms with van der Waals surface area (Å²) in [6.45, 7) is 0. The summed E-state index contributed by atoms with van der Waals surface area (Å²) >= 11 is 5.52. The zero-order valence-electron chi connectivity index (χ0n) is 8.77. The van der Waals surface area contributed by atoms with Crippen LogP contribution in [0.1, 0.15) is 11.8 Å². The molecule has 0 aromatic heterocycles. The molecule has 0 bridgehead atoms. The maximum absolute atomic E-state index is 10.9. The Hall–Kier alpha value is -0.110. The van der Waals surface area contributed by atoms with Crippen molar-refractivity contribution in [2.45, 2.75) is 4.90 Å². The zero-order chi connectivity index (χ0) is 10.9. The molecule has 0 saturated heterocycles. The molecule has 0 radical (unpaired) electrons. The van der Waals surface area contributed by atoms with Crippen molar-refractivity contribution < 1.29 is 49.3 Å². The third-order valence-electron chi connectivity index (χ3n) is 1.50. The summed E-state index contributed by atoms with van der Waals surface area (Å²) in [5.74, 6) is -1.31. The Morgan fingerprint density at radius 2 is 2.00 bits per heavy atom. The zero-order valence-corrected chi connectivity index (χ0v) is 11.3. The normalized spacial score (nSPS) is 10.5. The van der Waals surface area contributed by atoms with Gasteiger partial charge in [0, 0.05) is 0 Å². The summed E-state index contributed by atoms with van der Waals surface area (Å²) in [7, 11) is -3.90.